The molecule has 1 aromatic carbocycles. The number of hydrogen-bond acceptors (Lipinski definition) is 3. The first-order chi connectivity index (χ1) is 9.63. The summed E-state index contributed by atoms with van der Waals surface area (Å²) in [4.78, 5) is 12.1. The van der Waals surface area contributed by atoms with Crippen LogP contribution < -0.4 is 5.73 Å². The maximum Gasteiger partial charge on any atom is 0.137 e. The molecule has 0 aliphatic heterocycles. The lowest BCUT2D eigenvalue weighted by Gasteiger charge is -2.24. The molecule has 110 valence electrons. The van der Waals surface area contributed by atoms with Gasteiger partial charge >= 0.3 is 0 Å². The number of carbonyl (C=O) groups is 1. The van der Waals surface area contributed by atoms with E-state index in [1.54, 1.807) is 6.92 Å². The van der Waals surface area contributed by atoms with Gasteiger partial charge in [0.2, 0.25) is 0 Å². The molecule has 0 amide bonds. The second kappa shape index (κ2) is 7.00. The summed E-state index contributed by atoms with van der Waals surface area (Å²) in [5, 5.41) is 10.1. The highest BCUT2D eigenvalue weighted by atomic mass is 16.3. The molecule has 0 heterocycles. The van der Waals surface area contributed by atoms with Gasteiger partial charge in [-0.15, -0.1) is 0 Å². The SMILES string of the molecule is CC(=O)C(c1cccc(CCCN)c1)C1CCCC1O. The molecule has 2 rings (SSSR count). The van der Waals surface area contributed by atoms with Crippen molar-refractivity contribution in [1.29, 1.82) is 0 Å². The van der Waals surface area contributed by atoms with Crippen molar-refractivity contribution in [2.24, 2.45) is 11.7 Å². The molecule has 3 heteroatoms. The van der Waals surface area contributed by atoms with Gasteiger partial charge in [-0.05, 0) is 56.2 Å². The first-order valence-electron chi connectivity index (χ1n) is 7.61. The molecule has 1 aliphatic rings. The van der Waals surface area contributed by atoms with Crippen LogP contribution in [0.25, 0.3) is 0 Å². The topological polar surface area (TPSA) is 63.3 Å². The summed E-state index contributed by atoms with van der Waals surface area (Å²) in [6.45, 7) is 2.32. The number of aliphatic hydroxyl groups is 1. The first-order valence-corrected chi connectivity index (χ1v) is 7.61. The maximum atomic E-state index is 12.1. The van der Waals surface area contributed by atoms with Crippen LogP contribution in [0.3, 0.4) is 0 Å². The molecule has 3 unspecified atom stereocenters. The Morgan fingerprint density at radius 3 is 2.85 bits per heavy atom. The maximum absolute atomic E-state index is 12.1. The number of carbonyl (C=O) groups excluding carboxylic acids is 1. The fourth-order valence-corrected chi connectivity index (χ4v) is 3.39. The summed E-state index contributed by atoms with van der Waals surface area (Å²) in [5.41, 5.74) is 7.84. The summed E-state index contributed by atoms with van der Waals surface area (Å²) in [5.74, 6) is 0.0782. The first kappa shape index (κ1) is 15.2. The standard InChI is InChI=1S/C17H25NO2/c1-12(19)17(15-8-3-9-16(15)20)14-7-2-5-13(11-14)6-4-10-18/h2,5,7,11,15-17,20H,3-4,6,8-10,18H2,1H3. The van der Waals surface area contributed by atoms with Crippen LogP contribution in [0.4, 0.5) is 0 Å². The zero-order valence-electron chi connectivity index (χ0n) is 12.2. The number of hydrogen-bond donors (Lipinski definition) is 2. The monoisotopic (exact) mass is 275 g/mol. The number of Topliss-reactive ketones (excluding diaryl/α,β-unsaturated/α-hetero) is 1. The van der Waals surface area contributed by atoms with Gasteiger partial charge in [0, 0.05) is 5.92 Å². The molecule has 1 aliphatic carbocycles. The number of aliphatic hydroxyl groups excluding tert-OH is 1. The van der Waals surface area contributed by atoms with Crippen molar-refractivity contribution in [1.82, 2.24) is 0 Å². The summed E-state index contributed by atoms with van der Waals surface area (Å²) in [7, 11) is 0. The lowest BCUT2D eigenvalue weighted by molar-refractivity contribution is -0.120. The van der Waals surface area contributed by atoms with Crippen molar-refractivity contribution < 1.29 is 9.90 Å². The van der Waals surface area contributed by atoms with E-state index in [9.17, 15) is 9.90 Å². The largest absolute Gasteiger partial charge is 0.393 e. The second-order valence-electron chi connectivity index (χ2n) is 5.89. The predicted octanol–water partition coefficient (Wildman–Crippen LogP) is 2.41. The number of rotatable bonds is 6. The van der Waals surface area contributed by atoms with E-state index in [0.717, 1.165) is 37.7 Å². The van der Waals surface area contributed by atoms with Crippen LogP contribution in [0.2, 0.25) is 0 Å². The van der Waals surface area contributed by atoms with Gasteiger partial charge in [0.25, 0.3) is 0 Å². The Hall–Kier alpha value is -1.19. The van der Waals surface area contributed by atoms with E-state index in [-0.39, 0.29) is 23.7 Å². The second-order valence-corrected chi connectivity index (χ2v) is 5.89. The Morgan fingerprint density at radius 2 is 2.25 bits per heavy atom. The highest BCUT2D eigenvalue weighted by molar-refractivity contribution is 5.84. The molecule has 0 spiro atoms. The Balaban J connectivity index is 2.23. The Bertz CT molecular complexity index is 458. The fourth-order valence-electron chi connectivity index (χ4n) is 3.39. The quantitative estimate of drug-likeness (QED) is 0.838. The molecular weight excluding hydrogens is 250 g/mol. The van der Waals surface area contributed by atoms with Crippen LogP contribution in [0.15, 0.2) is 24.3 Å². The lowest BCUT2D eigenvalue weighted by Crippen LogP contribution is -2.26. The van der Waals surface area contributed by atoms with E-state index >= 15 is 0 Å². The smallest absolute Gasteiger partial charge is 0.137 e. The van der Waals surface area contributed by atoms with Gasteiger partial charge in [-0.3, -0.25) is 4.79 Å². The normalized spacial score (nSPS) is 23.8. The van der Waals surface area contributed by atoms with Gasteiger partial charge in [0.05, 0.1) is 6.10 Å². The lowest BCUT2D eigenvalue weighted by atomic mass is 9.80. The summed E-state index contributed by atoms with van der Waals surface area (Å²) in [6, 6.07) is 8.23. The van der Waals surface area contributed by atoms with E-state index in [2.05, 4.69) is 12.1 Å². The van der Waals surface area contributed by atoms with Gasteiger partial charge in [0.15, 0.2) is 0 Å². The Morgan fingerprint density at radius 1 is 1.45 bits per heavy atom. The summed E-state index contributed by atoms with van der Waals surface area (Å²) >= 11 is 0. The molecule has 0 aromatic heterocycles. The van der Waals surface area contributed by atoms with Gasteiger partial charge in [-0.25, -0.2) is 0 Å². The van der Waals surface area contributed by atoms with Crippen molar-refractivity contribution in [3.05, 3.63) is 35.4 Å². The molecular formula is C17H25NO2. The Kier molecular flexibility index (Phi) is 5.32. The number of ketones is 1. The van der Waals surface area contributed by atoms with Gasteiger partial charge in [0.1, 0.15) is 5.78 Å². The van der Waals surface area contributed by atoms with E-state index in [0.29, 0.717) is 6.54 Å². The van der Waals surface area contributed by atoms with Gasteiger partial charge in [-0.1, -0.05) is 30.7 Å². The molecule has 0 bridgehead atoms. The van der Waals surface area contributed by atoms with Crippen LogP contribution in [0, 0.1) is 5.92 Å². The molecule has 3 atom stereocenters. The third-order valence-corrected chi connectivity index (χ3v) is 4.38. The Labute approximate surface area is 121 Å². The predicted molar refractivity (Wildman–Crippen MR) is 80.6 cm³/mol. The van der Waals surface area contributed by atoms with E-state index in [1.807, 2.05) is 12.1 Å². The number of nitrogens with two attached hydrogens (primary N) is 1. The van der Waals surface area contributed by atoms with Crippen LogP contribution >= 0.6 is 0 Å². The molecule has 1 saturated carbocycles. The third kappa shape index (κ3) is 3.47. The van der Waals surface area contributed by atoms with Crippen LogP contribution in [0.1, 0.15) is 49.7 Å². The number of aryl methyl sites for hydroxylation is 1. The molecule has 0 saturated heterocycles. The highest BCUT2D eigenvalue weighted by Gasteiger charge is 2.35. The van der Waals surface area contributed by atoms with Gasteiger partial charge < -0.3 is 10.8 Å². The van der Waals surface area contributed by atoms with Crippen molar-refractivity contribution in [3.63, 3.8) is 0 Å². The van der Waals surface area contributed by atoms with Gasteiger partial charge in [-0.2, -0.15) is 0 Å². The molecule has 1 aromatic rings. The van der Waals surface area contributed by atoms with Crippen LogP contribution in [0.5, 0.6) is 0 Å². The van der Waals surface area contributed by atoms with E-state index in [1.165, 1.54) is 5.56 Å². The van der Waals surface area contributed by atoms with Crippen LogP contribution in [-0.2, 0) is 11.2 Å². The zero-order chi connectivity index (χ0) is 14.5. The van der Waals surface area contributed by atoms with Crippen LogP contribution in [-0.4, -0.2) is 23.5 Å². The number of benzene rings is 1. The molecule has 3 nitrogen and oxygen atoms in total. The summed E-state index contributed by atoms with van der Waals surface area (Å²) < 4.78 is 0. The van der Waals surface area contributed by atoms with Crippen molar-refractivity contribution in [3.8, 4) is 0 Å². The van der Waals surface area contributed by atoms with E-state index < -0.39 is 0 Å². The van der Waals surface area contributed by atoms with Crippen molar-refractivity contribution in [2.75, 3.05) is 6.54 Å². The zero-order valence-corrected chi connectivity index (χ0v) is 12.2. The molecule has 20 heavy (non-hydrogen) atoms. The average molecular weight is 275 g/mol. The van der Waals surface area contributed by atoms with E-state index in [4.69, 9.17) is 5.73 Å². The molecule has 0 radical (unpaired) electrons. The fraction of sp³-hybridized carbons (Fsp3) is 0.588. The minimum Gasteiger partial charge on any atom is -0.393 e. The molecule has 3 N–H and O–H groups in total. The average Bonchev–Trinajstić information content (AvgIpc) is 2.83. The highest BCUT2D eigenvalue weighted by Crippen LogP contribution is 2.38. The van der Waals surface area contributed by atoms with Crippen molar-refractivity contribution in [2.45, 2.75) is 51.0 Å². The molecule has 1 fully saturated rings. The van der Waals surface area contributed by atoms with Crippen molar-refractivity contribution >= 4 is 5.78 Å². The minimum atomic E-state index is -0.336. The minimum absolute atomic E-state index is 0.0808. The third-order valence-electron chi connectivity index (χ3n) is 4.38. The summed E-state index contributed by atoms with van der Waals surface area (Å²) in [6.07, 6.45) is 4.35.